The Morgan fingerprint density at radius 2 is 2.07 bits per heavy atom. The summed E-state index contributed by atoms with van der Waals surface area (Å²) in [4.78, 5) is 4.26. The summed E-state index contributed by atoms with van der Waals surface area (Å²) in [6.07, 6.45) is 1.72. The van der Waals surface area contributed by atoms with Crippen LogP contribution in [0, 0.1) is 3.57 Å². The van der Waals surface area contributed by atoms with Gasteiger partial charge in [-0.25, -0.2) is 0 Å². The topological polar surface area (TPSA) is 22.1 Å². The van der Waals surface area contributed by atoms with E-state index in [4.69, 9.17) is 27.9 Å². The van der Waals surface area contributed by atoms with E-state index in [-0.39, 0.29) is 0 Å². The maximum absolute atomic E-state index is 6.15. The summed E-state index contributed by atoms with van der Waals surface area (Å²) >= 11 is 14.3. The van der Waals surface area contributed by atoms with Crippen molar-refractivity contribution in [3.8, 4) is 5.75 Å². The SMILES string of the molecule is COc1cc2ncc(I)c(Cl)c2cc1Cl. The van der Waals surface area contributed by atoms with Gasteiger partial charge in [0.15, 0.2) is 0 Å². The van der Waals surface area contributed by atoms with Crippen molar-refractivity contribution in [3.63, 3.8) is 0 Å². The Kier molecular flexibility index (Phi) is 3.23. The van der Waals surface area contributed by atoms with E-state index in [1.807, 2.05) is 0 Å². The van der Waals surface area contributed by atoms with E-state index in [0.717, 1.165) is 14.5 Å². The van der Waals surface area contributed by atoms with Gasteiger partial charge in [-0.1, -0.05) is 23.2 Å². The fraction of sp³-hybridized carbons (Fsp3) is 0.100. The first-order valence-corrected chi connectivity index (χ1v) is 5.94. The molecular formula is C10H6Cl2INO. The standard InChI is InChI=1S/C10H6Cl2INO/c1-15-9-3-8-5(2-6(9)11)10(12)7(13)4-14-8/h2-4H,1H3. The van der Waals surface area contributed by atoms with Gasteiger partial charge in [0.1, 0.15) is 5.75 Å². The predicted molar refractivity (Wildman–Crippen MR) is 71.0 cm³/mol. The van der Waals surface area contributed by atoms with E-state index in [9.17, 15) is 0 Å². The lowest BCUT2D eigenvalue weighted by Crippen LogP contribution is -1.88. The molecule has 2 aromatic rings. The van der Waals surface area contributed by atoms with Crippen LogP contribution in [0.5, 0.6) is 5.75 Å². The van der Waals surface area contributed by atoms with E-state index < -0.39 is 0 Å². The Bertz CT molecular complexity index is 530. The number of hydrogen-bond donors (Lipinski definition) is 0. The van der Waals surface area contributed by atoms with Crippen molar-refractivity contribution in [2.45, 2.75) is 0 Å². The summed E-state index contributed by atoms with van der Waals surface area (Å²) in [6, 6.07) is 3.55. The predicted octanol–water partition coefficient (Wildman–Crippen LogP) is 4.15. The van der Waals surface area contributed by atoms with Gasteiger partial charge in [0.25, 0.3) is 0 Å². The lowest BCUT2D eigenvalue weighted by atomic mass is 10.2. The number of ether oxygens (including phenoxy) is 1. The van der Waals surface area contributed by atoms with E-state index in [2.05, 4.69) is 27.6 Å². The molecule has 0 saturated heterocycles. The maximum Gasteiger partial charge on any atom is 0.139 e. The molecule has 1 aromatic carbocycles. The van der Waals surface area contributed by atoms with Crippen LogP contribution in [0.3, 0.4) is 0 Å². The van der Waals surface area contributed by atoms with Crippen molar-refractivity contribution in [3.05, 3.63) is 31.9 Å². The highest BCUT2D eigenvalue weighted by Gasteiger charge is 2.09. The van der Waals surface area contributed by atoms with Crippen molar-refractivity contribution in [1.29, 1.82) is 0 Å². The summed E-state index contributed by atoms with van der Waals surface area (Å²) in [5.74, 6) is 0.606. The number of pyridine rings is 1. The molecule has 0 spiro atoms. The van der Waals surface area contributed by atoms with Crippen LogP contribution in [-0.2, 0) is 0 Å². The molecule has 0 radical (unpaired) electrons. The lowest BCUT2D eigenvalue weighted by molar-refractivity contribution is 0.415. The fourth-order valence-electron chi connectivity index (χ4n) is 1.29. The molecule has 2 nitrogen and oxygen atoms in total. The van der Waals surface area contributed by atoms with Crippen molar-refractivity contribution in [1.82, 2.24) is 4.98 Å². The highest BCUT2D eigenvalue weighted by atomic mass is 127. The van der Waals surface area contributed by atoms with Gasteiger partial charge >= 0.3 is 0 Å². The Morgan fingerprint density at radius 1 is 1.33 bits per heavy atom. The van der Waals surface area contributed by atoms with Crippen LogP contribution in [0.15, 0.2) is 18.3 Å². The zero-order chi connectivity index (χ0) is 11.0. The largest absolute Gasteiger partial charge is 0.495 e. The third kappa shape index (κ3) is 2.00. The van der Waals surface area contributed by atoms with Gasteiger partial charge in [0, 0.05) is 17.6 Å². The summed E-state index contributed by atoms with van der Waals surface area (Å²) in [5.41, 5.74) is 0.779. The molecule has 0 aliphatic carbocycles. The van der Waals surface area contributed by atoms with E-state index >= 15 is 0 Å². The average molecular weight is 354 g/mol. The van der Waals surface area contributed by atoms with Gasteiger partial charge < -0.3 is 4.74 Å². The molecule has 0 N–H and O–H groups in total. The second-order valence-corrected chi connectivity index (χ2v) is 4.87. The third-order valence-electron chi connectivity index (χ3n) is 2.03. The van der Waals surface area contributed by atoms with Crippen molar-refractivity contribution in [2.75, 3.05) is 7.11 Å². The number of nitrogens with zero attached hydrogens (tertiary/aromatic N) is 1. The van der Waals surface area contributed by atoms with Crippen molar-refractivity contribution >= 4 is 56.7 Å². The van der Waals surface area contributed by atoms with Gasteiger partial charge in [-0.3, -0.25) is 4.98 Å². The second-order valence-electron chi connectivity index (χ2n) is 2.92. The summed E-state index contributed by atoms with van der Waals surface area (Å²) in [6.45, 7) is 0. The van der Waals surface area contributed by atoms with Gasteiger partial charge in [0.2, 0.25) is 0 Å². The molecule has 0 aliphatic rings. The molecule has 0 amide bonds. The molecule has 0 bridgehead atoms. The normalized spacial score (nSPS) is 10.7. The first-order valence-electron chi connectivity index (χ1n) is 4.10. The second kappa shape index (κ2) is 4.31. The summed E-state index contributed by atoms with van der Waals surface area (Å²) < 4.78 is 6.01. The number of fused-ring (bicyclic) bond motifs is 1. The molecule has 1 heterocycles. The first-order chi connectivity index (χ1) is 7.13. The minimum absolute atomic E-state index is 0.538. The number of halogens is 3. The van der Waals surface area contributed by atoms with Crippen LogP contribution in [0.2, 0.25) is 10.0 Å². The molecule has 0 aliphatic heterocycles. The maximum atomic E-state index is 6.15. The number of benzene rings is 1. The van der Waals surface area contributed by atoms with E-state index in [1.165, 1.54) is 0 Å². The van der Waals surface area contributed by atoms with Crippen LogP contribution in [-0.4, -0.2) is 12.1 Å². The van der Waals surface area contributed by atoms with Crippen molar-refractivity contribution < 1.29 is 4.74 Å². The van der Waals surface area contributed by atoms with Crippen LogP contribution >= 0.6 is 45.8 Å². The average Bonchev–Trinajstić information content (AvgIpc) is 2.24. The molecule has 78 valence electrons. The molecule has 0 unspecified atom stereocenters. The quantitative estimate of drug-likeness (QED) is 0.718. The van der Waals surface area contributed by atoms with Crippen molar-refractivity contribution in [2.24, 2.45) is 0 Å². The molecule has 1 aromatic heterocycles. The fourth-order valence-corrected chi connectivity index (χ4v) is 2.16. The minimum atomic E-state index is 0.538. The molecule has 15 heavy (non-hydrogen) atoms. The Balaban J connectivity index is 2.81. The van der Waals surface area contributed by atoms with E-state index in [1.54, 1.807) is 25.4 Å². The zero-order valence-corrected chi connectivity index (χ0v) is 11.4. The van der Waals surface area contributed by atoms with Crippen LogP contribution in [0.4, 0.5) is 0 Å². The number of rotatable bonds is 1. The summed E-state index contributed by atoms with van der Waals surface area (Å²) in [5, 5.41) is 2.05. The Hall–Kier alpha value is -0.260. The summed E-state index contributed by atoms with van der Waals surface area (Å²) in [7, 11) is 1.57. The number of hydrogen-bond acceptors (Lipinski definition) is 2. The minimum Gasteiger partial charge on any atom is -0.495 e. The van der Waals surface area contributed by atoms with Crippen LogP contribution < -0.4 is 4.74 Å². The Morgan fingerprint density at radius 3 is 2.73 bits per heavy atom. The molecule has 0 saturated carbocycles. The molecule has 0 atom stereocenters. The van der Waals surface area contributed by atoms with Gasteiger partial charge in [-0.15, -0.1) is 0 Å². The highest BCUT2D eigenvalue weighted by molar-refractivity contribution is 14.1. The molecule has 5 heteroatoms. The Labute approximate surface area is 111 Å². The molecule has 2 rings (SSSR count). The number of methoxy groups -OCH3 is 1. The molecule has 0 fully saturated rings. The van der Waals surface area contributed by atoms with Crippen LogP contribution in [0.25, 0.3) is 10.9 Å². The third-order valence-corrected chi connectivity index (χ3v) is 3.87. The molecular weight excluding hydrogens is 348 g/mol. The first kappa shape index (κ1) is 11.2. The number of aromatic nitrogens is 1. The van der Waals surface area contributed by atoms with Gasteiger partial charge in [-0.05, 0) is 28.7 Å². The smallest absolute Gasteiger partial charge is 0.139 e. The lowest BCUT2D eigenvalue weighted by Gasteiger charge is -2.06. The van der Waals surface area contributed by atoms with Gasteiger partial charge in [0.05, 0.1) is 26.2 Å². The zero-order valence-electron chi connectivity index (χ0n) is 7.72. The highest BCUT2D eigenvalue weighted by Crippen LogP contribution is 2.34. The monoisotopic (exact) mass is 353 g/mol. The van der Waals surface area contributed by atoms with Crippen LogP contribution in [0.1, 0.15) is 0 Å². The van der Waals surface area contributed by atoms with E-state index in [0.29, 0.717) is 15.8 Å². The van der Waals surface area contributed by atoms with Gasteiger partial charge in [-0.2, -0.15) is 0 Å².